The number of benzene rings is 1. The molecule has 120 valence electrons. The Balaban J connectivity index is 1.42. The summed E-state index contributed by atoms with van der Waals surface area (Å²) < 4.78 is 0. The third kappa shape index (κ3) is 2.67. The molecule has 0 spiro atoms. The number of carbonyl (C=O) groups excluding carboxylic acids is 1. The van der Waals surface area contributed by atoms with E-state index in [1.807, 2.05) is 11.1 Å². The number of carbonyl (C=O) groups is 1. The van der Waals surface area contributed by atoms with Crippen LogP contribution in [0, 0.1) is 5.92 Å². The van der Waals surface area contributed by atoms with Crippen LogP contribution >= 0.6 is 0 Å². The molecule has 1 aromatic carbocycles. The number of nitrogens with one attached hydrogen (secondary N) is 1. The van der Waals surface area contributed by atoms with Crippen LogP contribution in [0.2, 0.25) is 0 Å². The summed E-state index contributed by atoms with van der Waals surface area (Å²) >= 11 is 0. The van der Waals surface area contributed by atoms with E-state index in [-0.39, 0.29) is 5.92 Å². The minimum Gasteiger partial charge on any atom is -0.338 e. The fourth-order valence-electron chi connectivity index (χ4n) is 3.61. The summed E-state index contributed by atoms with van der Waals surface area (Å²) in [5.41, 5.74) is 5.03. The van der Waals surface area contributed by atoms with Crippen molar-refractivity contribution in [3.63, 3.8) is 0 Å². The van der Waals surface area contributed by atoms with Crippen LogP contribution in [0.5, 0.6) is 0 Å². The van der Waals surface area contributed by atoms with E-state index in [0.29, 0.717) is 24.3 Å². The molecule has 2 atom stereocenters. The second-order valence-corrected chi connectivity index (χ2v) is 7.15. The normalized spacial score (nSPS) is 23.0. The molecule has 2 aromatic rings. The zero-order valence-electron chi connectivity index (χ0n) is 13.7. The lowest BCUT2D eigenvalue weighted by atomic mass is 9.99. The monoisotopic (exact) mass is 309 g/mol. The Morgan fingerprint density at radius 2 is 2.09 bits per heavy atom. The Bertz CT molecular complexity index is 716. The molecule has 1 aliphatic carbocycles. The van der Waals surface area contributed by atoms with Crippen molar-refractivity contribution in [2.45, 2.75) is 45.1 Å². The molecule has 0 bridgehead atoms. The largest absolute Gasteiger partial charge is 0.338 e. The van der Waals surface area contributed by atoms with Gasteiger partial charge in [-0.1, -0.05) is 38.1 Å². The van der Waals surface area contributed by atoms with Gasteiger partial charge >= 0.3 is 0 Å². The van der Waals surface area contributed by atoms with Crippen molar-refractivity contribution in [1.82, 2.24) is 15.1 Å². The fraction of sp³-hybridized carbons (Fsp3) is 0.474. The molecule has 1 saturated carbocycles. The molecule has 23 heavy (non-hydrogen) atoms. The highest BCUT2D eigenvalue weighted by molar-refractivity contribution is 5.83. The first-order valence-corrected chi connectivity index (χ1v) is 8.53. The molecule has 2 heterocycles. The van der Waals surface area contributed by atoms with Crippen molar-refractivity contribution in [2.24, 2.45) is 5.92 Å². The highest BCUT2D eigenvalue weighted by Crippen LogP contribution is 2.49. The van der Waals surface area contributed by atoms with Gasteiger partial charge in [-0.05, 0) is 29.4 Å². The minimum atomic E-state index is 0.174. The molecular formula is C19H23N3O. The predicted molar refractivity (Wildman–Crippen MR) is 89.1 cm³/mol. The van der Waals surface area contributed by atoms with Gasteiger partial charge in [0.15, 0.2) is 0 Å². The molecule has 4 heteroatoms. The summed E-state index contributed by atoms with van der Waals surface area (Å²) in [7, 11) is 0. The smallest absolute Gasteiger partial charge is 0.226 e. The van der Waals surface area contributed by atoms with Crippen LogP contribution in [-0.2, 0) is 17.8 Å². The zero-order chi connectivity index (χ0) is 16.0. The third-order valence-corrected chi connectivity index (χ3v) is 5.25. The second kappa shape index (κ2) is 5.52. The molecule has 0 unspecified atom stereocenters. The van der Waals surface area contributed by atoms with Gasteiger partial charge in [0.05, 0.1) is 6.20 Å². The first-order chi connectivity index (χ1) is 11.1. The Hall–Kier alpha value is -2.10. The van der Waals surface area contributed by atoms with Gasteiger partial charge in [-0.3, -0.25) is 9.89 Å². The van der Waals surface area contributed by atoms with Gasteiger partial charge in [0.2, 0.25) is 5.91 Å². The molecule has 1 amide bonds. The highest BCUT2D eigenvalue weighted by atomic mass is 16.2. The van der Waals surface area contributed by atoms with E-state index >= 15 is 0 Å². The van der Waals surface area contributed by atoms with Gasteiger partial charge < -0.3 is 4.90 Å². The van der Waals surface area contributed by atoms with Crippen LogP contribution in [-0.4, -0.2) is 27.5 Å². The molecule has 1 N–H and O–H groups in total. The highest BCUT2D eigenvalue weighted by Gasteiger charge is 2.46. The van der Waals surface area contributed by atoms with E-state index in [9.17, 15) is 4.79 Å². The van der Waals surface area contributed by atoms with E-state index in [1.54, 1.807) is 0 Å². The second-order valence-electron chi connectivity index (χ2n) is 7.15. The average Bonchev–Trinajstić information content (AvgIpc) is 3.23. The summed E-state index contributed by atoms with van der Waals surface area (Å²) in [6, 6.07) is 8.83. The third-order valence-electron chi connectivity index (χ3n) is 5.25. The van der Waals surface area contributed by atoms with Gasteiger partial charge in [-0.25, -0.2) is 0 Å². The van der Waals surface area contributed by atoms with Crippen LogP contribution in [0.3, 0.4) is 0 Å². The fourth-order valence-corrected chi connectivity index (χ4v) is 3.61. The molecule has 1 fully saturated rings. The quantitative estimate of drug-likeness (QED) is 0.946. The lowest BCUT2D eigenvalue weighted by Crippen LogP contribution is -2.36. The number of fused-ring (bicyclic) bond motifs is 1. The van der Waals surface area contributed by atoms with Crippen LogP contribution < -0.4 is 0 Å². The Morgan fingerprint density at radius 1 is 1.30 bits per heavy atom. The lowest BCUT2D eigenvalue weighted by Gasteiger charge is -2.26. The van der Waals surface area contributed by atoms with Crippen molar-refractivity contribution in [3.05, 3.63) is 52.8 Å². The van der Waals surface area contributed by atoms with Crippen molar-refractivity contribution >= 4 is 5.91 Å². The van der Waals surface area contributed by atoms with Crippen molar-refractivity contribution in [1.29, 1.82) is 0 Å². The standard InChI is InChI=1S/C19H23N3O/c1-12(2)13-3-5-14(6-4-13)16-9-17(16)19(23)22-8-7-18-15(11-22)10-20-21-18/h3-6,10,12,16-17H,7-9,11H2,1-2H3,(H,20,21)/t16-,17+/m0/s1. The Labute approximate surface area is 136 Å². The van der Waals surface area contributed by atoms with Gasteiger partial charge in [0.25, 0.3) is 0 Å². The Kier molecular flexibility index (Phi) is 3.47. The molecule has 0 saturated heterocycles. The van der Waals surface area contributed by atoms with E-state index < -0.39 is 0 Å². The van der Waals surface area contributed by atoms with Crippen LogP contribution in [0.15, 0.2) is 30.5 Å². The summed E-state index contributed by atoms with van der Waals surface area (Å²) in [6.45, 7) is 5.93. The predicted octanol–water partition coefficient (Wildman–Crippen LogP) is 3.22. The van der Waals surface area contributed by atoms with Crippen molar-refractivity contribution in [2.75, 3.05) is 6.54 Å². The number of nitrogens with zero attached hydrogens (tertiary/aromatic N) is 2. The van der Waals surface area contributed by atoms with E-state index in [0.717, 1.165) is 19.4 Å². The van der Waals surface area contributed by atoms with E-state index in [2.05, 4.69) is 48.3 Å². The summed E-state index contributed by atoms with van der Waals surface area (Å²) in [4.78, 5) is 14.8. The maximum atomic E-state index is 12.7. The maximum absolute atomic E-state index is 12.7. The summed E-state index contributed by atoms with van der Waals surface area (Å²) in [5.74, 6) is 1.45. The SMILES string of the molecule is CC(C)c1ccc([C@@H]2C[C@H]2C(=O)N2CCc3[nH]ncc3C2)cc1. The van der Waals surface area contributed by atoms with Crippen molar-refractivity contribution in [3.8, 4) is 0 Å². The molecule has 1 aromatic heterocycles. The molecule has 2 aliphatic rings. The topological polar surface area (TPSA) is 49.0 Å². The zero-order valence-corrected chi connectivity index (χ0v) is 13.7. The minimum absolute atomic E-state index is 0.174. The number of aromatic nitrogens is 2. The first-order valence-electron chi connectivity index (χ1n) is 8.53. The summed E-state index contributed by atoms with van der Waals surface area (Å²) in [6.07, 6.45) is 3.74. The van der Waals surface area contributed by atoms with Gasteiger partial charge in [-0.15, -0.1) is 0 Å². The molecule has 0 radical (unpaired) electrons. The van der Waals surface area contributed by atoms with Crippen LogP contribution in [0.25, 0.3) is 0 Å². The average molecular weight is 309 g/mol. The molecule has 4 nitrogen and oxygen atoms in total. The molecule has 1 aliphatic heterocycles. The van der Waals surface area contributed by atoms with Gasteiger partial charge in [-0.2, -0.15) is 5.10 Å². The summed E-state index contributed by atoms with van der Waals surface area (Å²) in [5, 5.41) is 7.10. The van der Waals surface area contributed by atoms with E-state index in [1.165, 1.54) is 22.4 Å². The lowest BCUT2D eigenvalue weighted by molar-refractivity contribution is -0.133. The number of amides is 1. The van der Waals surface area contributed by atoms with E-state index in [4.69, 9.17) is 0 Å². The number of aromatic amines is 1. The number of H-pyrrole nitrogens is 1. The number of rotatable bonds is 3. The van der Waals surface area contributed by atoms with Crippen LogP contribution in [0.1, 0.15) is 54.5 Å². The number of hydrogen-bond acceptors (Lipinski definition) is 2. The molecule has 4 rings (SSSR count). The maximum Gasteiger partial charge on any atom is 0.226 e. The van der Waals surface area contributed by atoms with Gasteiger partial charge in [0, 0.05) is 36.7 Å². The number of hydrogen-bond donors (Lipinski definition) is 1. The van der Waals surface area contributed by atoms with Gasteiger partial charge in [0.1, 0.15) is 0 Å². The van der Waals surface area contributed by atoms with Crippen LogP contribution in [0.4, 0.5) is 0 Å². The first kappa shape index (κ1) is 14.5. The molecular weight excluding hydrogens is 286 g/mol. The van der Waals surface area contributed by atoms with Crippen molar-refractivity contribution < 1.29 is 4.79 Å². The Morgan fingerprint density at radius 3 is 2.83 bits per heavy atom.